The number of aliphatic imine (C=N–C) groups is 1. The number of hydrogen-bond acceptors (Lipinski definition) is 8. The molecule has 0 aliphatic rings. The molecular formula is C21H35N9O7. The van der Waals surface area contributed by atoms with Gasteiger partial charge in [-0.15, -0.1) is 0 Å². The number of aromatic amines is 1. The molecule has 0 aliphatic carbocycles. The van der Waals surface area contributed by atoms with Crippen molar-refractivity contribution in [3.05, 3.63) is 18.2 Å². The van der Waals surface area contributed by atoms with Crippen LogP contribution in [0, 0.1) is 5.92 Å². The summed E-state index contributed by atoms with van der Waals surface area (Å²) in [6.07, 6.45) is 2.38. The van der Waals surface area contributed by atoms with Crippen LogP contribution >= 0.6 is 0 Å². The molecule has 1 heterocycles. The largest absolute Gasteiger partial charge is 0.481 e. The quantitative estimate of drug-likeness (QED) is 0.0595. The molecule has 0 radical (unpaired) electrons. The van der Waals surface area contributed by atoms with Crippen molar-refractivity contribution < 1.29 is 34.2 Å². The number of carbonyl (C=O) groups is 5. The van der Waals surface area contributed by atoms with Crippen LogP contribution < -0.4 is 33.2 Å². The molecule has 0 aromatic carbocycles. The highest BCUT2D eigenvalue weighted by atomic mass is 16.4. The molecule has 0 aliphatic heterocycles. The number of carboxylic acids is 2. The standard InChI is InChI=1S/C21H35N9O7/c1-10(2)16(19(35)29-14(20(36)37)6-11-8-25-9-27-11)30-18(34)13(4-3-5-26-21(23)24)28-17(33)12(22)7-15(31)32/h8-10,12-14,16H,3-7,22H2,1-2H3,(H,25,27)(H,28,33)(H,29,35)(H,30,34)(H,31,32)(H,36,37)(H4,23,24,26). The Morgan fingerprint density at radius 2 is 1.68 bits per heavy atom. The third-order valence-electron chi connectivity index (χ3n) is 5.15. The van der Waals surface area contributed by atoms with Crippen LogP contribution in [0.5, 0.6) is 0 Å². The predicted octanol–water partition coefficient (Wildman–Crippen LogP) is -3.00. The van der Waals surface area contributed by atoms with Crippen molar-refractivity contribution in [2.45, 2.75) is 63.7 Å². The predicted molar refractivity (Wildman–Crippen MR) is 131 cm³/mol. The third-order valence-corrected chi connectivity index (χ3v) is 5.15. The molecule has 0 fully saturated rings. The van der Waals surface area contributed by atoms with E-state index in [4.69, 9.17) is 22.3 Å². The van der Waals surface area contributed by atoms with Crippen LogP contribution in [0.3, 0.4) is 0 Å². The Hall–Kier alpha value is -4.21. The van der Waals surface area contributed by atoms with Crippen LogP contribution in [-0.4, -0.2) is 86.5 Å². The highest BCUT2D eigenvalue weighted by molar-refractivity contribution is 5.94. The zero-order valence-corrected chi connectivity index (χ0v) is 20.6. The monoisotopic (exact) mass is 525 g/mol. The second-order valence-electron chi connectivity index (χ2n) is 8.63. The molecule has 0 saturated heterocycles. The highest BCUT2D eigenvalue weighted by Crippen LogP contribution is 2.08. The zero-order chi connectivity index (χ0) is 28.1. The summed E-state index contributed by atoms with van der Waals surface area (Å²) < 4.78 is 0. The van der Waals surface area contributed by atoms with Crippen LogP contribution in [-0.2, 0) is 30.4 Å². The van der Waals surface area contributed by atoms with Gasteiger partial charge in [0.15, 0.2) is 5.96 Å². The Morgan fingerprint density at radius 1 is 1.03 bits per heavy atom. The van der Waals surface area contributed by atoms with Crippen LogP contribution in [0.15, 0.2) is 17.5 Å². The lowest BCUT2D eigenvalue weighted by Gasteiger charge is -2.27. The first kappa shape index (κ1) is 30.8. The molecule has 0 bridgehead atoms. The second-order valence-corrected chi connectivity index (χ2v) is 8.63. The number of hydrogen-bond donors (Lipinski definition) is 9. The maximum Gasteiger partial charge on any atom is 0.326 e. The number of imidazole rings is 1. The normalized spacial score (nSPS) is 14.1. The number of aliphatic carboxylic acids is 2. The number of guanidine groups is 1. The Morgan fingerprint density at radius 3 is 2.19 bits per heavy atom. The number of nitrogens with one attached hydrogen (secondary N) is 4. The molecule has 12 N–H and O–H groups in total. The van der Waals surface area contributed by atoms with E-state index < -0.39 is 66.2 Å². The summed E-state index contributed by atoms with van der Waals surface area (Å²) in [4.78, 5) is 71.3. The number of nitrogens with two attached hydrogens (primary N) is 3. The summed E-state index contributed by atoms with van der Waals surface area (Å²) in [7, 11) is 0. The summed E-state index contributed by atoms with van der Waals surface area (Å²) >= 11 is 0. The minimum absolute atomic E-state index is 0.0398. The molecular weight excluding hydrogens is 490 g/mol. The summed E-state index contributed by atoms with van der Waals surface area (Å²) in [5.41, 5.74) is 16.6. The first-order chi connectivity index (χ1) is 17.3. The van der Waals surface area contributed by atoms with Crippen molar-refractivity contribution in [2.75, 3.05) is 6.54 Å². The topological polar surface area (TPSA) is 281 Å². The molecule has 37 heavy (non-hydrogen) atoms. The van der Waals surface area contributed by atoms with Crippen LogP contribution in [0.2, 0.25) is 0 Å². The maximum absolute atomic E-state index is 13.1. The number of aromatic nitrogens is 2. The smallest absolute Gasteiger partial charge is 0.326 e. The molecule has 16 nitrogen and oxygen atoms in total. The van der Waals surface area contributed by atoms with Gasteiger partial charge < -0.3 is 48.3 Å². The summed E-state index contributed by atoms with van der Waals surface area (Å²) in [5, 5.41) is 25.7. The fourth-order valence-corrected chi connectivity index (χ4v) is 3.20. The van der Waals surface area contributed by atoms with E-state index in [-0.39, 0.29) is 31.8 Å². The molecule has 4 atom stereocenters. The Kier molecular flexibility index (Phi) is 12.5. The van der Waals surface area contributed by atoms with Gasteiger partial charge in [0.25, 0.3) is 0 Å². The maximum atomic E-state index is 13.1. The number of nitrogens with zero attached hydrogens (tertiary/aromatic N) is 2. The first-order valence-corrected chi connectivity index (χ1v) is 11.5. The number of carboxylic acid groups (broad SMARTS) is 2. The van der Waals surface area contributed by atoms with Gasteiger partial charge in [-0.3, -0.25) is 24.2 Å². The van der Waals surface area contributed by atoms with Gasteiger partial charge in [-0.05, 0) is 18.8 Å². The van der Waals surface area contributed by atoms with Crippen LogP contribution in [0.1, 0.15) is 38.8 Å². The van der Waals surface area contributed by atoms with Crippen molar-refractivity contribution in [3.63, 3.8) is 0 Å². The van der Waals surface area contributed by atoms with Crippen molar-refractivity contribution >= 4 is 35.6 Å². The Labute approximate surface area is 212 Å². The van der Waals surface area contributed by atoms with Crippen LogP contribution in [0.25, 0.3) is 0 Å². The average Bonchev–Trinajstić information content (AvgIpc) is 3.30. The van der Waals surface area contributed by atoms with E-state index >= 15 is 0 Å². The van der Waals surface area contributed by atoms with E-state index in [1.807, 2.05) is 0 Å². The molecule has 0 saturated carbocycles. The lowest BCUT2D eigenvalue weighted by molar-refractivity contribution is -0.142. The molecule has 1 rings (SSSR count). The van der Waals surface area contributed by atoms with Crippen molar-refractivity contribution in [2.24, 2.45) is 28.1 Å². The number of H-pyrrole nitrogens is 1. The zero-order valence-electron chi connectivity index (χ0n) is 20.6. The lowest BCUT2D eigenvalue weighted by Crippen LogP contribution is -2.58. The fraction of sp³-hybridized carbons (Fsp3) is 0.571. The van der Waals surface area contributed by atoms with Crippen molar-refractivity contribution in [1.82, 2.24) is 25.9 Å². The van der Waals surface area contributed by atoms with Gasteiger partial charge in [-0.25, -0.2) is 9.78 Å². The minimum atomic E-state index is -1.41. The van der Waals surface area contributed by atoms with E-state index in [9.17, 15) is 29.1 Å². The molecule has 1 aromatic rings. The van der Waals surface area contributed by atoms with Crippen molar-refractivity contribution in [3.8, 4) is 0 Å². The average molecular weight is 526 g/mol. The molecule has 4 unspecified atom stereocenters. The van der Waals surface area contributed by atoms with Gasteiger partial charge >= 0.3 is 11.9 Å². The SMILES string of the molecule is CC(C)C(NC(=O)C(CCCN=C(N)N)NC(=O)C(N)CC(=O)O)C(=O)NC(Cc1cnc[nH]1)C(=O)O. The molecule has 3 amide bonds. The van der Waals surface area contributed by atoms with E-state index in [0.29, 0.717) is 5.69 Å². The van der Waals surface area contributed by atoms with Crippen molar-refractivity contribution in [1.29, 1.82) is 0 Å². The fourth-order valence-electron chi connectivity index (χ4n) is 3.20. The summed E-state index contributed by atoms with van der Waals surface area (Å²) in [6, 6.07) is -5.06. The summed E-state index contributed by atoms with van der Waals surface area (Å²) in [5.74, 6) is -5.57. The molecule has 1 aromatic heterocycles. The van der Waals surface area contributed by atoms with Gasteiger partial charge in [0, 0.05) is 24.9 Å². The van der Waals surface area contributed by atoms with E-state index in [0.717, 1.165) is 0 Å². The van der Waals surface area contributed by atoms with Gasteiger partial charge in [-0.1, -0.05) is 13.8 Å². The number of carbonyl (C=O) groups excluding carboxylic acids is 3. The third kappa shape index (κ3) is 11.4. The number of amides is 3. The van der Waals surface area contributed by atoms with Gasteiger partial charge in [-0.2, -0.15) is 0 Å². The minimum Gasteiger partial charge on any atom is -0.481 e. The van der Waals surface area contributed by atoms with E-state index in [1.54, 1.807) is 13.8 Å². The van der Waals surface area contributed by atoms with E-state index in [2.05, 4.69) is 30.9 Å². The highest BCUT2D eigenvalue weighted by Gasteiger charge is 2.32. The molecule has 206 valence electrons. The van der Waals surface area contributed by atoms with E-state index in [1.165, 1.54) is 12.5 Å². The van der Waals surface area contributed by atoms with Crippen LogP contribution in [0.4, 0.5) is 0 Å². The Bertz CT molecular complexity index is 962. The van der Waals surface area contributed by atoms with Gasteiger partial charge in [0.1, 0.15) is 18.1 Å². The molecule has 0 spiro atoms. The summed E-state index contributed by atoms with van der Waals surface area (Å²) in [6.45, 7) is 3.43. The first-order valence-electron chi connectivity index (χ1n) is 11.5. The van der Waals surface area contributed by atoms with Gasteiger partial charge in [0.05, 0.1) is 18.8 Å². The number of rotatable bonds is 16. The lowest BCUT2D eigenvalue weighted by atomic mass is 10.0. The molecule has 16 heteroatoms. The second kappa shape index (κ2) is 15.0. The van der Waals surface area contributed by atoms with Gasteiger partial charge in [0.2, 0.25) is 17.7 Å². The Balaban J connectivity index is 2.98.